The van der Waals surface area contributed by atoms with Gasteiger partial charge in [0.1, 0.15) is 0 Å². The first-order chi connectivity index (χ1) is 9.74. The Bertz CT molecular complexity index is 438. The van der Waals surface area contributed by atoms with E-state index in [1.807, 2.05) is 0 Å². The highest BCUT2D eigenvalue weighted by Gasteiger charge is 2.26. The van der Waals surface area contributed by atoms with Gasteiger partial charge in [0.2, 0.25) is 0 Å². The van der Waals surface area contributed by atoms with Crippen molar-refractivity contribution in [2.75, 3.05) is 40.3 Å². The Morgan fingerprint density at radius 2 is 2.15 bits per heavy atom. The molecule has 3 rings (SSSR count). The predicted octanol–water partition coefficient (Wildman–Crippen LogP) is 1.96. The van der Waals surface area contributed by atoms with Crippen molar-refractivity contribution in [1.29, 1.82) is 0 Å². The van der Waals surface area contributed by atoms with E-state index in [0.29, 0.717) is 6.04 Å². The van der Waals surface area contributed by atoms with Gasteiger partial charge in [-0.05, 0) is 65.7 Å². The maximum Gasteiger partial charge on any atom is 0.0954 e. The van der Waals surface area contributed by atoms with Gasteiger partial charge in [0.05, 0.1) is 12.0 Å². The first kappa shape index (κ1) is 14.1. The molecule has 1 fully saturated rings. The van der Waals surface area contributed by atoms with Crippen LogP contribution in [0.1, 0.15) is 43.1 Å². The van der Waals surface area contributed by atoms with Crippen LogP contribution in [0, 0.1) is 0 Å². The highest BCUT2D eigenvalue weighted by molar-refractivity contribution is 5.17. The van der Waals surface area contributed by atoms with Gasteiger partial charge in [-0.25, -0.2) is 4.98 Å². The molecule has 4 nitrogen and oxygen atoms in total. The molecule has 2 aliphatic rings. The molecule has 1 atom stereocenters. The lowest BCUT2D eigenvalue weighted by Crippen LogP contribution is -2.26. The second-order valence-electron chi connectivity index (χ2n) is 6.65. The molecule has 0 aromatic carbocycles. The zero-order valence-electron chi connectivity index (χ0n) is 13.0. The molecule has 1 aromatic rings. The minimum Gasteiger partial charge on any atom is -0.330 e. The second-order valence-corrected chi connectivity index (χ2v) is 6.65. The maximum absolute atomic E-state index is 4.65. The lowest BCUT2D eigenvalue weighted by molar-refractivity contribution is 0.292. The molecule has 112 valence electrons. The summed E-state index contributed by atoms with van der Waals surface area (Å²) in [5.74, 6) is 0. The molecule has 1 aromatic heterocycles. The summed E-state index contributed by atoms with van der Waals surface area (Å²) in [6.07, 6.45) is 9.80. The topological polar surface area (TPSA) is 24.3 Å². The molecule has 0 bridgehead atoms. The van der Waals surface area contributed by atoms with Crippen LogP contribution in [0.3, 0.4) is 0 Å². The number of nitrogens with zero attached hydrogens (tertiary/aromatic N) is 4. The van der Waals surface area contributed by atoms with Crippen LogP contribution in [0.2, 0.25) is 0 Å². The van der Waals surface area contributed by atoms with Gasteiger partial charge in [0.25, 0.3) is 0 Å². The van der Waals surface area contributed by atoms with Crippen molar-refractivity contribution in [3.8, 4) is 0 Å². The summed E-state index contributed by atoms with van der Waals surface area (Å²) in [4.78, 5) is 9.56. The molecule has 2 heterocycles. The van der Waals surface area contributed by atoms with Gasteiger partial charge in [-0.3, -0.25) is 0 Å². The second kappa shape index (κ2) is 6.27. The van der Waals surface area contributed by atoms with Crippen LogP contribution in [-0.4, -0.2) is 59.6 Å². The Balaban J connectivity index is 1.56. The SMILES string of the molecule is CN(C)CCCN1CC[C@@H](n2cnc3c2CCCC3)C1. The Labute approximate surface area is 122 Å². The summed E-state index contributed by atoms with van der Waals surface area (Å²) in [6, 6.07) is 0.670. The van der Waals surface area contributed by atoms with E-state index < -0.39 is 0 Å². The Morgan fingerprint density at radius 3 is 3.00 bits per heavy atom. The summed E-state index contributed by atoms with van der Waals surface area (Å²) in [5, 5.41) is 0. The Morgan fingerprint density at radius 1 is 1.30 bits per heavy atom. The number of hydrogen-bond acceptors (Lipinski definition) is 3. The minimum absolute atomic E-state index is 0.670. The Kier molecular flexibility index (Phi) is 4.41. The molecular weight excluding hydrogens is 248 g/mol. The van der Waals surface area contributed by atoms with E-state index in [9.17, 15) is 0 Å². The fourth-order valence-electron chi connectivity index (χ4n) is 3.66. The van der Waals surface area contributed by atoms with E-state index in [0.717, 1.165) is 0 Å². The van der Waals surface area contributed by atoms with E-state index in [2.05, 4.69) is 39.8 Å². The molecule has 4 heteroatoms. The fraction of sp³-hybridized carbons (Fsp3) is 0.812. The molecule has 1 aliphatic carbocycles. The highest BCUT2D eigenvalue weighted by atomic mass is 15.2. The monoisotopic (exact) mass is 276 g/mol. The van der Waals surface area contributed by atoms with E-state index >= 15 is 0 Å². The number of hydrogen-bond donors (Lipinski definition) is 0. The zero-order chi connectivity index (χ0) is 13.9. The molecule has 0 unspecified atom stereocenters. The summed E-state index contributed by atoms with van der Waals surface area (Å²) in [6.45, 7) is 4.91. The van der Waals surface area contributed by atoms with Gasteiger partial charge < -0.3 is 14.4 Å². The lowest BCUT2D eigenvalue weighted by Gasteiger charge is -2.20. The first-order valence-corrected chi connectivity index (χ1v) is 8.15. The third kappa shape index (κ3) is 3.07. The van der Waals surface area contributed by atoms with Crippen LogP contribution in [0.25, 0.3) is 0 Å². The standard InChI is InChI=1S/C16H28N4/c1-18(2)9-5-10-19-11-8-14(12-19)20-13-17-15-6-3-4-7-16(15)20/h13-14H,3-12H2,1-2H3/t14-/m1/s1. The first-order valence-electron chi connectivity index (χ1n) is 8.15. The maximum atomic E-state index is 4.65. The summed E-state index contributed by atoms with van der Waals surface area (Å²) < 4.78 is 2.50. The molecule has 0 saturated carbocycles. The molecule has 0 spiro atoms. The number of aryl methyl sites for hydroxylation is 1. The molecular formula is C16H28N4. The number of imidazole rings is 1. The minimum atomic E-state index is 0.670. The highest BCUT2D eigenvalue weighted by Crippen LogP contribution is 2.28. The predicted molar refractivity (Wildman–Crippen MR) is 82.1 cm³/mol. The molecule has 0 amide bonds. The van der Waals surface area contributed by atoms with E-state index in [4.69, 9.17) is 0 Å². The number of likely N-dealkylation sites (tertiary alicyclic amines) is 1. The lowest BCUT2D eigenvalue weighted by atomic mass is 10.0. The molecule has 20 heavy (non-hydrogen) atoms. The van der Waals surface area contributed by atoms with Crippen molar-refractivity contribution in [3.63, 3.8) is 0 Å². The quantitative estimate of drug-likeness (QED) is 0.821. The third-order valence-electron chi connectivity index (χ3n) is 4.78. The normalized spacial score (nSPS) is 23.4. The molecule has 1 aliphatic heterocycles. The van der Waals surface area contributed by atoms with Gasteiger partial charge in [0.15, 0.2) is 0 Å². The van der Waals surface area contributed by atoms with Crippen LogP contribution in [0.5, 0.6) is 0 Å². The largest absolute Gasteiger partial charge is 0.330 e. The third-order valence-corrected chi connectivity index (χ3v) is 4.78. The van der Waals surface area contributed by atoms with E-state index in [1.54, 1.807) is 0 Å². The van der Waals surface area contributed by atoms with Crippen molar-refractivity contribution in [2.45, 2.75) is 44.6 Å². The van der Waals surface area contributed by atoms with Crippen molar-refractivity contribution >= 4 is 0 Å². The zero-order valence-corrected chi connectivity index (χ0v) is 13.0. The van der Waals surface area contributed by atoms with Crippen LogP contribution in [-0.2, 0) is 12.8 Å². The molecule has 1 saturated heterocycles. The summed E-state index contributed by atoms with van der Waals surface area (Å²) in [7, 11) is 4.31. The van der Waals surface area contributed by atoms with Gasteiger partial charge in [-0.2, -0.15) is 0 Å². The van der Waals surface area contributed by atoms with Crippen molar-refractivity contribution in [2.24, 2.45) is 0 Å². The van der Waals surface area contributed by atoms with Crippen LogP contribution in [0.4, 0.5) is 0 Å². The Hall–Kier alpha value is -0.870. The number of aromatic nitrogens is 2. The van der Waals surface area contributed by atoms with Crippen molar-refractivity contribution in [3.05, 3.63) is 17.7 Å². The van der Waals surface area contributed by atoms with Gasteiger partial charge in [0, 0.05) is 24.8 Å². The van der Waals surface area contributed by atoms with E-state index in [-0.39, 0.29) is 0 Å². The number of fused-ring (bicyclic) bond motifs is 1. The van der Waals surface area contributed by atoms with E-state index in [1.165, 1.54) is 76.1 Å². The molecule has 0 N–H and O–H groups in total. The van der Waals surface area contributed by atoms with Crippen LogP contribution >= 0.6 is 0 Å². The summed E-state index contributed by atoms with van der Waals surface area (Å²) in [5.41, 5.74) is 2.92. The van der Waals surface area contributed by atoms with Crippen molar-refractivity contribution in [1.82, 2.24) is 19.4 Å². The van der Waals surface area contributed by atoms with Gasteiger partial charge in [-0.15, -0.1) is 0 Å². The van der Waals surface area contributed by atoms with Crippen molar-refractivity contribution < 1.29 is 0 Å². The fourth-order valence-corrected chi connectivity index (χ4v) is 3.66. The van der Waals surface area contributed by atoms with Gasteiger partial charge >= 0.3 is 0 Å². The van der Waals surface area contributed by atoms with Crippen LogP contribution < -0.4 is 0 Å². The van der Waals surface area contributed by atoms with Crippen LogP contribution in [0.15, 0.2) is 6.33 Å². The molecule has 0 radical (unpaired) electrons. The smallest absolute Gasteiger partial charge is 0.0954 e. The number of rotatable bonds is 5. The van der Waals surface area contributed by atoms with Gasteiger partial charge in [-0.1, -0.05) is 0 Å². The summed E-state index contributed by atoms with van der Waals surface area (Å²) >= 11 is 0. The average Bonchev–Trinajstić information content (AvgIpc) is 3.04. The average molecular weight is 276 g/mol.